The summed E-state index contributed by atoms with van der Waals surface area (Å²) < 4.78 is 2.09. The van der Waals surface area contributed by atoms with Crippen LogP contribution in [0.1, 0.15) is 37.9 Å². The van der Waals surface area contributed by atoms with E-state index in [0.717, 1.165) is 32.4 Å². The first-order chi connectivity index (χ1) is 6.15. The van der Waals surface area contributed by atoms with Gasteiger partial charge in [0.25, 0.3) is 0 Å². The van der Waals surface area contributed by atoms with Crippen molar-refractivity contribution in [3.63, 3.8) is 0 Å². The normalized spacial score (nSPS) is 13.2. The summed E-state index contributed by atoms with van der Waals surface area (Å²) in [4.78, 5) is 0. The summed E-state index contributed by atoms with van der Waals surface area (Å²) in [5, 5.41) is 9.80. The minimum Gasteiger partial charge on any atom is -0.388 e. The largest absolute Gasteiger partial charge is 0.388 e. The Bertz CT molecular complexity index is 273. The number of halogens is 2. The molecule has 0 saturated heterocycles. The fourth-order valence-electron chi connectivity index (χ4n) is 1.13. The van der Waals surface area contributed by atoms with Gasteiger partial charge < -0.3 is 5.11 Å². The quantitative estimate of drug-likeness (QED) is 0.863. The Kier molecular flexibility index (Phi) is 4.94. The van der Waals surface area contributed by atoms with Crippen LogP contribution >= 0.6 is 43.2 Å². The van der Waals surface area contributed by atoms with Gasteiger partial charge in [-0.2, -0.15) is 0 Å². The summed E-state index contributed by atoms with van der Waals surface area (Å²) in [7, 11) is 0. The van der Waals surface area contributed by atoms with Crippen molar-refractivity contribution in [3.05, 3.63) is 19.2 Å². The molecule has 0 aromatic carbocycles. The number of hydrogen-bond donors (Lipinski definition) is 1. The number of aliphatic hydroxyl groups is 1. The Balaban J connectivity index is 2.64. The highest BCUT2D eigenvalue weighted by molar-refractivity contribution is 9.12. The summed E-state index contributed by atoms with van der Waals surface area (Å²) in [6.07, 6.45) is 2.72. The number of rotatable bonds is 4. The lowest BCUT2D eigenvalue weighted by molar-refractivity contribution is 0.164. The summed E-state index contributed by atoms with van der Waals surface area (Å²) in [6, 6.07) is 1.98. The highest BCUT2D eigenvalue weighted by Gasteiger charge is 2.13. The molecule has 0 aliphatic rings. The molecule has 1 N–H and O–H groups in total. The van der Waals surface area contributed by atoms with Crippen LogP contribution in [0.4, 0.5) is 0 Å². The van der Waals surface area contributed by atoms with Gasteiger partial charge in [-0.3, -0.25) is 0 Å². The highest BCUT2D eigenvalue weighted by atomic mass is 79.9. The molecule has 0 saturated carbocycles. The Hall–Kier alpha value is 0.620. The Labute approximate surface area is 99.4 Å². The van der Waals surface area contributed by atoms with Crippen molar-refractivity contribution < 1.29 is 5.11 Å². The second-order valence-corrected chi connectivity index (χ2v) is 6.69. The third kappa shape index (κ3) is 3.35. The van der Waals surface area contributed by atoms with Gasteiger partial charge in [0.2, 0.25) is 0 Å². The summed E-state index contributed by atoms with van der Waals surface area (Å²) in [5.41, 5.74) is 1.00. The first-order valence-corrected chi connectivity index (χ1v) is 6.68. The van der Waals surface area contributed by atoms with Crippen LogP contribution in [-0.2, 0) is 0 Å². The van der Waals surface area contributed by atoms with Gasteiger partial charge in [-0.1, -0.05) is 19.8 Å². The van der Waals surface area contributed by atoms with Gasteiger partial charge >= 0.3 is 0 Å². The summed E-state index contributed by atoms with van der Waals surface area (Å²) in [6.45, 7) is 2.13. The van der Waals surface area contributed by atoms with Crippen molar-refractivity contribution in [1.29, 1.82) is 0 Å². The van der Waals surface area contributed by atoms with Crippen LogP contribution in [0.15, 0.2) is 13.6 Å². The van der Waals surface area contributed by atoms with Crippen molar-refractivity contribution in [2.45, 2.75) is 32.3 Å². The average Bonchev–Trinajstić information content (AvgIpc) is 2.41. The van der Waals surface area contributed by atoms with Crippen molar-refractivity contribution in [2.24, 2.45) is 0 Å². The van der Waals surface area contributed by atoms with E-state index in [-0.39, 0.29) is 6.10 Å². The molecular weight excluding hydrogens is 316 g/mol. The first kappa shape index (κ1) is 11.7. The monoisotopic (exact) mass is 326 g/mol. The molecule has 1 unspecified atom stereocenters. The van der Waals surface area contributed by atoms with Crippen LogP contribution < -0.4 is 0 Å². The predicted octanol–water partition coefficient (Wildman–Crippen LogP) is 4.50. The third-order valence-electron chi connectivity index (χ3n) is 1.87. The summed E-state index contributed by atoms with van der Waals surface area (Å²) >= 11 is 8.44. The molecule has 0 spiro atoms. The molecular formula is C9H12Br2OS. The molecule has 0 bridgehead atoms. The maximum atomic E-state index is 9.80. The van der Waals surface area contributed by atoms with Gasteiger partial charge in [0.05, 0.1) is 13.7 Å². The molecule has 0 aliphatic carbocycles. The molecule has 13 heavy (non-hydrogen) atoms. The van der Waals surface area contributed by atoms with Crippen LogP contribution in [0.3, 0.4) is 0 Å². The highest BCUT2D eigenvalue weighted by Crippen LogP contribution is 2.36. The van der Waals surface area contributed by atoms with E-state index in [2.05, 4.69) is 38.8 Å². The van der Waals surface area contributed by atoms with Crippen molar-refractivity contribution in [2.75, 3.05) is 0 Å². The lowest BCUT2D eigenvalue weighted by Gasteiger charge is -2.07. The average molecular weight is 328 g/mol. The van der Waals surface area contributed by atoms with Crippen LogP contribution in [0.2, 0.25) is 0 Å². The number of unbranched alkanes of at least 4 members (excludes halogenated alkanes) is 1. The van der Waals surface area contributed by atoms with Crippen molar-refractivity contribution in [3.8, 4) is 0 Å². The van der Waals surface area contributed by atoms with E-state index < -0.39 is 0 Å². The topological polar surface area (TPSA) is 20.2 Å². The van der Waals surface area contributed by atoms with Crippen LogP contribution in [0, 0.1) is 0 Å². The number of aliphatic hydroxyl groups excluding tert-OH is 1. The van der Waals surface area contributed by atoms with E-state index >= 15 is 0 Å². The lowest BCUT2D eigenvalue weighted by Crippen LogP contribution is -1.95. The van der Waals surface area contributed by atoms with Crippen LogP contribution in [0.5, 0.6) is 0 Å². The second kappa shape index (κ2) is 5.49. The molecule has 4 heteroatoms. The van der Waals surface area contributed by atoms with E-state index in [1.165, 1.54) is 0 Å². The molecule has 1 rings (SSSR count). The van der Waals surface area contributed by atoms with Gasteiger partial charge in [-0.05, 0) is 44.3 Å². The molecule has 1 aromatic rings. The molecule has 1 aromatic heterocycles. The fourth-order valence-corrected chi connectivity index (χ4v) is 4.09. The maximum Gasteiger partial charge on any atom is 0.0809 e. The Morgan fingerprint density at radius 2 is 2.23 bits per heavy atom. The van der Waals surface area contributed by atoms with E-state index in [9.17, 15) is 5.11 Å². The maximum absolute atomic E-state index is 9.80. The first-order valence-electron chi connectivity index (χ1n) is 4.28. The van der Waals surface area contributed by atoms with Gasteiger partial charge in [-0.15, -0.1) is 11.3 Å². The van der Waals surface area contributed by atoms with Crippen molar-refractivity contribution >= 4 is 43.2 Å². The van der Waals surface area contributed by atoms with E-state index in [4.69, 9.17) is 0 Å². The zero-order chi connectivity index (χ0) is 9.84. The minimum atomic E-state index is -0.322. The Morgan fingerprint density at radius 3 is 2.69 bits per heavy atom. The molecule has 1 atom stereocenters. The SMILES string of the molecule is CCCCC(O)c1cc(Br)sc1Br. The summed E-state index contributed by atoms with van der Waals surface area (Å²) in [5.74, 6) is 0. The molecule has 74 valence electrons. The van der Waals surface area contributed by atoms with Gasteiger partial charge in [0.1, 0.15) is 0 Å². The smallest absolute Gasteiger partial charge is 0.0809 e. The van der Waals surface area contributed by atoms with Crippen molar-refractivity contribution in [1.82, 2.24) is 0 Å². The number of thiophene rings is 1. The van der Waals surface area contributed by atoms with E-state index in [1.54, 1.807) is 11.3 Å². The van der Waals surface area contributed by atoms with Crippen LogP contribution in [0.25, 0.3) is 0 Å². The molecule has 1 nitrogen and oxygen atoms in total. The van der Waals surface area contributed by atoms with Gasteiger partial charge in [0.15, 0.2) is 0 Å². The second-order valence-electron chi connectivity index (χ2n) is 2.94. The standard InChI is InChI=1S/C9H12Br2OS/c1-2-3-4-7(12)6-5-8(10)13-9(6)11/h5,7,12H,2-4H2,1H3. The fraction of sp³-hybridized carbons (Fsp3) is 0.556. The Morgan fingerprint density at radius 1 is 1.54 bits per heavy atom. The predicted molar refractivity (Wildman–Crippen MR) is 64.2 cm³/mol. The van der Waals surface area contributed by atoms with Gasteiger partial charge in [0, 0.05) is 5.56 Å². The number of hydrogen-bond acceptors (Lipinski definition) is 2. The van der Waals surface area contributed by atoms with E-state index in [1.807, 2.05) is 6.07 Å². The molecule has 0 radical (unpaired) electrons. The third-order valence-corrected chi connectivity index (χ3v) is 4.26. The van der Waals surface area contributed by atoms with Crippen LogP contribution in [-0.4, -0.2) is 5.11 Å². The zero-order valence-corrected chi connectivity index (χ0v) is 11.4. The minimum absolute atomic E-state index is 0.322. The van der Waals surface area contributed by atoms with E-state index in [0.29, 0.717) is 0 Å². The molecule has 0 aliphatic heterocycles. The zero-order valence-electron chi connectivity index (χ0n) is 7.39. The molecule has 1 heterocycles. The van der Waals surface area contributed by atoms with Gasteiger partial charge in [-0.25, -0.2) is 0 Å². The molecule has 0 amide bonds. The lowest BCUT2D eigenvalue weighted by atomic mass is 10.1. The molecule has 0 fully saturated rings.